The lowest BCUT2D eigenvalue weighted by atomic mass is 10.0. The minimum Gasteiger partial charge on any atom is -0.313 e. The summed E-state index contributed by atoms with van der Waals surface area (Å²) < 4.78 is 13.7. The highest BCUT2D eigenvalue weighted by Crippen LogP contribution is 2.20. The number of nitrogens with one attached hydrogen (secondary N) is 1. The van der Waals surface area contributed by atoms with Gasteiger partial charge in [0.1, 0.15) is 5.82 Å². The first-order valence-electron chi connectivity index (χ1n) is 8.02. The molecule has 0 aliphatic carbocycles. The standard InChI is InChI=1S/C17H28FN3/c1-4-20-9-11-21(12-10-20)8-7-17(19-3)15-6-5-14(2)16(18)13-15/h5-6,13,17,19H,4,7-12H2,1-3H3. The first-order valence-corrected chi connectivity index (χ1v) is 8.02. The molecule has 1 atom stereocenters. The molecular formula is C17H28FN3. The van der Waals surface area contributed by atoms with E-state index in [1.807, 2.05) is 19.2 Å². The molecule has 1 aromatic carbocycles. The summed E-state index contributed by atoms with van der Waals surface area (Å²) in [6, 6.07) is 5.80. The van der Waals surface area contributed by atoms with Gasteiger partial charge in [0, 0.05) is 38.8 Å². The second-order valence-electron chi connectivity index (χ2n) is 5.91. The van der Waals surface area contributed by atoms with Crippen molar-refractivity contribution >= 4 is 0 Å². The quantitative estimate of drug-likeness (QED) is 0.869. The molecule has 0 bridgehead atoms. The second-order valence-corrected chi connectivity index (χ2v) is 5.91. The molecule has 118 valence electrons. The molecule has 21 heavy (non-hydrogen) atoms. The van der Waals surface area contributed by atoms with Crippen molar-refractivity contribution in [2.45, 2.75) is 26.3 Å². The smallest absolute Gasteiger partial charge is 0.126 e. The van der Waals surface area contributed by atoms with Gasteiger partial charge in [-0.1, -0.05) is 19.1 Å². The summed E-state index contributed by atoms with van der Waals surface area (Å²) >= 11 is 0. The van der Waals surface area contributed by atoms with Crippen LogP contribution in [0.1, 0.15) is 30.5 Å². The molecule has 2 rings (SSSR count). The number of benzene rings is 1. The molecule has 1 aromatic rings. The molecule has 1 N–H and O–H groups in total. The number of hydrogen-bond acceptors (Lipinski definition) is 3. The number of piperazine rings is 1. The van der Waals surface area contributed by atoms with Crippen LogP contribution in [0.4, 0.5) is 4.39 Å². The minimum absolute atomic E-state index is 0.107. The van der Waals surface area contributed by atoms with Crippen molar-refractivity contribution in [3.8, 4) is 0 Å². The molecule has 1 aliphatic heterocycles. The van der Waals surface area contributed by atoms with Gasteiger partial charge in [0.2, 0.25) is 0 Å². The second kappa shape index (κ2) is 7.87. The van der Waals surface area contributed by atoms with Gasteiger partial charge in [-0.15, -0.1) is 0 Å². The van der Waals surface area contributed by atoms with Crippen LogP contribution in [0.5, 0.6) is 0 Å². The SMILES string of the molecule is CCN1CCN(CCC(NC)c2ccc(C)c(F)c2)CC1. The van der Waals surface area contributed by atoms with Crippen molar-refractivity contribution in [1.82, 2.24) is 15.1 Å². The summed E-state index contributed by atoms with van der Waals surface area (Å²) in [5, 5.41) is 3.32. The fourth-order valence-electron chi connectivity index (χ4n) is 2.94. The van der Waals surface area contributed by atoms with E-state index in [1.54, 1.807) is 13.0 Å². The number of halogens is 1. The predicted molar refractivity (Wildman–Crippen MR) is 86.1 cm³/mol. The van der Waals surface area contributed by atoms with Crippen molar-refractivity contribution in [2.75, 3.05) is 46.3 Å². The topological polar surface area (TPSA) is 18.5 Å². The third kappa shape index (κ3) is 4.50. The van der Waals surface area contributed by atoms with Gasteiger partial charge in [-0.2, -0.15) is 0 Å². The lowest BCUT2D eigenvalue weighted by Crippen LogP contribution is -2.46. The van der Waals surface area contributed by atoms with E-state index in [9.17, 15) is 4.39 Å². The summed E-state index contributed by atoms with van der Waals surface area (Å²) in [7, 11) is 1.96. The Morgan fingerprint density at radius 3 is 2.43 bits per heavy atom. The third-order valence-corrected chi connectivity index (χ3v) is 4.59. The number of likely N-dealkylation sites (N-methyl/N-ethyl adjacent to an activating group) is 1. The Morgan fingerprint density at radius 2 is 1.86 bits per heavy atom. The van der Waals surface area contributed by atoms with Gasteiger partial charge in [-0.25, -0.2) is 4.39 Å². The molecule has 0 amide bonds. The highest BCUT2D eigenvalue weighted by molar-refractivity contribution is 5.25. The monoisotopic (exact) mass is 293 g/mol. The molecule has 1 unspecified atom stereocenters. The zero-order valence-electron chi connectivity index (χ0n) is 13.5. The van der Waals surface area contributed by atoms with Crippen molar-refractivity contribution in [1.29, 1.82) is 0 Å². The third-order valence-electron chi connectivity index (χ3n) is 4.59. The van der Waals surface area contributed by atoms with E-state index in [2.05, 4.69) is 22.0 Å². The zero-order chi connectivity index (χ0) is 15.2. The summed E-state index contributed by atoms with van der Waals surface area (Å²) in [4.78, 5) is 5.00. The average molecular weight is 293 g/mol. The molecule has 0 saturated carbocycles. The van der Waals surface area contributed by atoms with Gasteiger partial charge in [0.05, 0.1) is 0 Å². The van der Waals surface area contributed by atoms with Crippen LogP contribution >= 0.6 is 0 Å². The lowest BCUT2D eigenvalue weighted by molar-refractivity contribution is 0.133. The van der Waals surface area contributed by atoms with Gasteiger partial charge in [-0.3, -0.25) is 0 Å². The number of nitrogens with zero attached hydrogens (tertiary/aromatic N) is 2. The number of aryl methyl sites for hydroxylation is 1. The van der Waals surface area contributed by atoms with E-state index in [1.165, 1.54) is 13.1 Å². The van der Waals surface area contributed by atoms with Crippen LogP contribution in [0, 0.1) is 12.7 Å². The first-order chi connectivity index (χ1) is 10.1. The number of hydrogen-bond donors (Lipinski definition) is 1. The Kier molecular flexibility index (Phi) is 6.15. The summed E-state index contributed by atoms with van der Waals surface area (Å²) in [5.41, 5.74) is 1.76. The van der Waals surface area contributed by atoms with Crippen molar-refractivity contribution in [3.05, 3.63) is 35.1 Å². The maximum atomic E-state index is 13.7. The maximum Gasteiger partial charge on any atom is 0.126 e. The molecule has 1 aliphatic rings. The van der Waals surface area contributed by atoms with Crippen LogP contribution in [0.2, 0.25) is 0 Å². The van der Waals surface area contributed by atoms with E-state index in [0.29, 0.717) is 5.56 Å². The van der Waals surface area contributed by atoms with Gasteiger partial charge < -0.3 is 15.1 Å². The van der Waals surface area contributed by atoms with E-state index in [0.717, 1.165) is 38.2 Å². The zero-order valence-corrected chi connectivity index (χ0v) is 13.5. The Balaban J connectivity index is 1.86. The Hall–Kier alpha value is -0.970. The maximum absolute atomic E-state index is 13.7. The Morgan fingerprint density at radius 1 is 1.19 bits per heavy atom. The first kappa shape index (κ1) is 16.4. The molecule has 3 nitrogen and oxygen atoms in total. The van der Waals surface area contributed by atoms with Crippen molar-refractivity contribution in [2.24, 2.45) is 0 Å². The molecule has 1 saturated heterocycles. The molecule has 0 radical (unpaired) electrons. The van der Waals surface area contributed by atoms with Crippen molar-refractivity contribution in [3.63, 3.8) is 0 Å². The van der Waals surface area contributed by atoms with E-state index < -0.39 is 0 Å². The minimum atomic E-state index is -0.107. The Labute approximate surface area is 128 Å². The fraction of sp³-hybridized carbons (Fsp3) is 0.647. The number of rotatable bonds is 6. The van der Waals surface area contributed by atoms with Crippen molar-refractivity contribution < 1.29 is 4.39 Å². The largest absolute Gasteiger partial charge is 0.313 e. The summed E-state index contributed by atoms with van der Waals surface area (Å²) in [6.07, 6.45) is 1.02. The van der Waals surface area contributed by atoms with E-state index in [-0.39, 0.29) is 11.9 Å². The molecular weight excluding hydrogens is 265 g/mol. The Bertz CT molecular complexity index is 442. The highest BCUT2D eigenvalue weighted by atomic mass is 19.1. The van der Waals surface area contributed by atoms with E-state index >= 15 is 0 Å². The van der Waals surface area contributed by atoms with Crippen LogP contribution < -0.4 is 5.32 Å². The highest BCUT2D eigenvalue weighted by Gasteiger charge is 2.17. The van der Waals surface area contributed by atoms with Gasteiger partial charge in [0.15, 0.2) is 0 Å². The van der Waals surface area contributed by atoms with E-state index in [4.69, 9.17) is 0 Å². The van der Waals surface area contributed by atoms with Crippen LogP contribution in [0.15, 0.2) is 18.2 Å². The molecule has 0 spiro atoms. The summed E-state index contributed by atoms with van der Waals surface area (Å²) in [6.45, 7) is 10.9. The lowest BCUT2D eigenvalue weighted by Gasteiger charge is -2.34. The normalized spacial score (nSPS) is 18.9. The predicted octanol–water partition coefficient (Wildman–Crippen LogP) is 2.42. The molecule has 1 heterocycles. The molecule has 4 heteroatoms. The molecule has 1 fully saturated rings. The van der Waals surface area contributed by atoms with Gasteiger partial charge in [-0.05, 0) is 44.1 Å². The fourth-order valence-corrected chi connectivity index (χ4v) is 2.94. The van der Waals surface area contributed by atoms with Crippen LogP contribution in [0.25, 0.3) is 0 Å². The van der Waals surface area contributed by atoms with Gasteiger partial charge in [0.25, 0.3) is 0 Å². The van der Waals surface area contributed by atoms with Crippen LogP contribution in [0.3, 0.4) is 0 Å². The van der Waals surface area contributed by atoms with Crippen LogP contribution in [-0.2, 0) is 0 Å². The average Bonchev–Trinajstić information content (AvgIpc) is 2.52. The van der Waals surface area contributed by atoms with Crippen LogP contribution in [-0.4, -0.2) is 56.1 Å². The molecule has 0 aromatic heterocycles. The van der Waals surface area contributed by atoms with Gasteiger partial charge >= 0.3 is 0 Å². The summed E-state index contributed by atoms with van der Waals surface area (Å²) in [5.74, 6) is -0.107.